The molecule has 0 saturated heterocycles. The summed E-state index contributed by atoms with van der Waals surface area (Å²) < 4.78 is 53.4. The quantitative estimate of drug-likeness (QED) is 0.591. The van der Waals surface area contributed by atoms with Crippen molar-refractivity contribution >= 4 is 5.78 Å². The van der Waals surface area contributed by atoms with Crippen molar-refractivity contribution < 1.29 is 22.4 Å². The van der Waals surface area contributed by atoms with E-state index in [1.165, 1.54) is 6.92 Å². The van der Waals surface area contributed by atoms with E-state index in [1.807, 2.05) is 0 Å². The predicted octanol–water partition coefficient (Wildman–Crippen LogP) is 4.11. The van der Waals surface area contributed by atoms with Crippen LogP contribution >= 0.6 is 0 Å². The van der Waals surface area contributed by atoms with Gasteiger partial charge in [-0.3, -0.25) is 4.79 Å². The SMILES string of the molecule is CC(=O)c1ccc(F)cc1-c1c(F)cc(F)cc1F. The lowest BCUT2D eigenvalue weighted by Gasteiger charge is -2.10. The molecular formula is C14H8F4O. The van der Waals surface area contributed by atoms with Crippen molar-refractivity contribution in [3.8, 4) is 11.1 Å². The number of rotatable bonds is 2. The summed E-state index contributed by atoms with van der Waals surface area (Å²) in [5, 5.41) is 0. The maximum atomic E-state index is 13.7. The van der Waals surface area contributed by atoms with E-state index in [9.17, 15) is 22.4 Å². The monoisotopic (exact) mass is 268 g/mol. The Labute approximate surface area is 106 Å². The fourth-order valence-corrected chi connectivity index (χ4v) is 1.83. The third kappa shape index (κ3) is 2.50. The molecule has 0 amide bonds. The Balaban J connectivity index is 2.78. The van der Waals surface area contributed by atoms with Crippen LogP contribution < -0.4 is 0 Å². The number of Topliss-reactive ketones (excluding diaryl/α,β-unsaturated/α-hetero) is 1. The van der Waals surface area contributed by atoms with Crippen LogP contribution in [0.15, 0.2) is 30.3 Å². The van der Waals surface area contributed by atoms with E-state index in [0.29, 0.717) is 12.1 Å². The van der Waals surface area contributed by atoms with Crippen LogP contribution in [0.5, 0.6) is 0 Å². The lowest BCUT2D eigenvalue weighted by atomic mass is 9.96. The summed E-state index contributed by atoms with van der Waals surface area (Å²) >= 11 is 0. The Hall–Kier alpha value is -2.17. The van der Waals surface area contributed by atoms with Crippen LogP contribution in [-0.2, 0) is 0 Å². The van der Waals surface area contributed by atoms with Crippen LogP contribution in [0.25, 0.3) is 11.1 Å². The zero-order valence-electron chi connectivity index (χ0n) is 9.81. The maximum absolute atomic E-state index is 13.7. The normalized spacial score (nSPS) is 10.6. The van der Waals surface area contributed by atoms with Crippen LogP contribution in [-0.4, -0.2) is 5.78 Å². The van der Waals surface area contributed by atoms with Gasteiger partial charge < -0.3 is 0 Å². The van der Waals surface area contributed by atoms with Crippen molar-refractivity contribution in [3.63, 3.8) is 0 Å². The van der Waals surface area contributed by atoms with Crippen molar-refractivity contribution in [2.24, 2.45) is 0 Å². The molecule has 0 aliphatic heterocycles. The van der Waals surface area contributed by atoms with Gasteiger partial charge in [0.1, 0.15) is 23.3 Å². The molecule has 5 heteroatoms. The van der Waals surface area contributed by atoms with Crippen molar-refractivity contribution in [2.45, 2.75) is 6.92 Å². The van der Waals surface area contributed by atoms with E-state index in [0.717, 1.165) is 18.2 Å². The summed E-state index contributed by atoms with van der Waals surface area (Å²) in [6, 6.07) is 3.95. The van der Waals surface area contributed by atoms with Gasteiger partial charge >= 0.3 is 0 Å². The molecule has 19 heavy (non-hydrogen) atoms. The molecule has 0 saturated carbocycles. The summed E-state index contributed by atoms with van der Waals surface area (Å²) in [6.07, 6.45) is 0. The zero-order chi connectivity index (χ0) is 14.2. The second-order valence-corrected chi connectivity index (χ2v) is 3.99. The molecule has 2 rings (SSSR count). The summed E-state index contributed by atoms with van der Waals surface area (Å²) in [5.74, 6) is -4.68. The molecule has 0 unspecified atom stereocenters. The molecule has 98 valence electrons. The van der Waals surface area contributed by atoms with Crippen molar-refractivity contribution in [3.05, 3.63) is 59.2 Å². The third-order valence-electron chi connectivity index (χ3n) is 2.64. The van der Waals surface area contributed by atoms with Crippen LogP contribution in [0.3, 0.4) is 0 Å². The molecule has 1 nitrogen and oxygen atoms in total. The molecule has 0 aliphatic carbocycles. The molecule has 0 heterocycles. The number of ketones is 1. The fourth-order valence-electron chi connectivity index (χ4n) is 1.83. The first kappa shape index (κ1) is 13.3. The van der Waals surface area contributed by atoms with Crippen molar-refractivity contribution in [1.82, 2.24) is 0 Å². The largest absolute Gasteiger partial charge is 0.294 e. The zero-order valence-corrected chi connectivity index (χ0v) is 9.81. The van der Waals surface area contributed by atoms with Gasteiger partial charge in [-0.15, -0.1) is 0 Å². The average Bonchev–Trinajstić information content (AvgIpc) is 2.27. The Morgan fingerprint density at radius 1 is 0.895 bits per heavy atom. The minimum atomic E-state index is -1.19. The van der Waals surface area contributed by atoms with Gasteiger partial charge in [0.15, 0.2) is 5.78 Å². The number of hydrogen-bond donors (Lipinski definition) is 0. The van der Waals surface area contributed by atoms with E-state index >= 15 is 0 Å². The topological polar surface area (TPSA) is 17.1 Å². The van der Waals surface area contributed by atoms with E-state index in [2.05, 4.69) is 0 Å². The van der Waals surface area contributed by atoms with E-state index in [4.69, 9.17) is 0 Å². The molecule has 0 aromatic heterocycles. The molecule has 0 bridgehead atoms. The van der Waals surface area contributed by atoms with Gasteiger partial charge in [0.2, 0.25) is 0 Å². The fraction of sp³-hybridized carbons (Fsp3) is 0.0714. The molecule has 0 fully saturated rings. The molecular weight excluding hydrogens is 260 g/mol. The smallest absolute Gasteiger partial charge is 0.160 e. The minimum Gasteiger partial charge on any atom is -0.294 e. The van der Waals surface area contributed by atoms with Crippen LogP contribution in [0.2, 0.25) is 0 Å². The average molecular weight is 268 g/mol. The lowest BCUT2D eigenvalue weighted by molar-refractivity contribution is 0.101. The number of hydrogen-bond acceptors (Lipinski definition) is 1. The molecule has 0 radical (unpaired) electrons. The molecule has 0 spiro atoms. The number of carbonyl (C=O) groups is 1. The van der Waals surface area contributed by atoms with Gasteiger partial charge in [-0.05, 0) is 25.1 Å². The van der Waals surface area contributed by atoms with E-state index in [1.54, 1.807) is 0 Å². The number of benzene rings is 2. The molecule has 0 atom stereocenters. The Bertz CT molecular complexity index is 641. The second kappa shape index (κ2) is 4.84. The Morgan fingerprint density at radius 3 is 2.00 bits per heavy atom. The molecule has 2 aromatic carbocycles. The second-order valence-electron chi connectivity index (χ2n) is 3.99. The van der Waals surface area contributed by atoms with Crippen LogP contribution in [0.1, 0.15) is 17.3 Å². The Morgan fingerprint density at radius 2 is 1.47 bits per heavy atom. The number of halogens is 4. The van der Waals surface area contributed by atoms with E-state index in [-0.39, 0.29) is 11.1 Å². The standard InChI is InChI=1S/C14H8F4O/c1-7(19)10-3-2-8(15)4-11(10)14-12(17)5-9(16)6-13(14)18/h2-6H,1H3. The highest BCUT2D eigenvalue weighted by Crippen LogP contribution is 2.30. The highest BCUT2D eigenvalue weighted by molar-refractivity contribution is 6.00. The van der Waals surface area contributed by atoms with Crippen LogP contribution in [0.4, 0.5) is 17.6 Å². The van der Waals surface area contributed by atoms with Gasteiger partial charge in [-0.1, -0.05) is 0 Å². The first-order chi connectivity index (χ1) is 8.90. The highest BCUT2D eigenvalue weighted by atomic mass is 19.1. The minimum absolute atomic E-state index is 0.0363. The summed E-state index contributed by atoms with van der Waals surface area (Å²) in [5.41, 5.74) is -0.889. The summed E-state index contributed by atoms with van der Waals surface area (Å²) in [4.78, 5) is 11.4. The first-order valence-electron chi connectivity index (χ1n) is 5.35. The summed E-state index contributed by atoms with van der Waals surface area (Å²) in [7, 11) is 0. The van der Waals surface area contributed by atoms with E-state index < -0.39 is 34.6 Å². The van der Waals surface area contributed by atoms with Crippen molar-refractivity contribution in [2.75, 3.05) is 0 Å². The third-order valence-corrected chi connectivity index (χ3v) is 2.64. The van der Waals surface area contributed by atoms with Gasteiger partial charge in [0.25, 0.3) is 0 Å². The van der Waals surface area contributed by atoms with Gasteiger partial charge in [0.05, 0.1) is 5.56 Å². The van der Waals surface area contributed by atoms with Gasteiger partial charge in [-0.25, -0.2) is 17.6 Å². The lowest BCUT2D eigenvalue weighted by Crippen LogP contribution is -2.01. The molecule has 2 aromatic rings. The highest BCUT2D eigenvalue weighted by Gasteiger charge is 2.19. The maximum Gasteiger partial charge on any atom is 0.160 e. The molecule has 0 aliphatic rings. The number of carbonyl (C=O) groups excluding carboxylic acids is 1. The molecule has 0 N–H and O–H groups in total. The predicted molar refractivity (Wildman–Crippen MR) is 61.7 cm³/mol. The first-order valence-corrected chi connectivity index (χ1v) is 5.35. The van der Waals surface area contributed by atoms with Crippen LogP contribution in [0, 0.1) is 23.3 Å². The van der Waals surface area contributed by atoms with Gasteiger partial charge in [-0.2, -0.15) is 0 Å². The van der Waals surface area contributed by atoms with Crippen molar-refractivity contribution in [1.29, 1.82) is 0 Å². The Kier molecular flexibility index (Phi) is 3.38. The van der Waals surface area contributed by atoms with Gasteiger partial charge in [0, 0.05) is 23.3 Å². The summed E-state index contributed by atoms with van der Waals surface area (Å²) in [6.45, 7) is 1.19.